The monoisotopic (exact) mass is 1030 g/mol. The van der Waals surface area contributed by atoms with Crippen molar-refractivity contribution in [3.63, 3.8) is 0 Å². The van der Waals surface area contributed by atoms with Crippen LogP contribution < -0.4 is 9.80 Å². The lowest BCUT2D eigenvalue weighted by atomic mass is 9.63. The average molecular weight is 1040 g/mol. The van der Waals surface area contributed by atoms with Crippen LogP contribution in [0.4, 0.5) is 34.1 Å². The Kier molecular flexibility index (Phi) is 10.1. The second kappa shape index (κ2) is 16.5. The molecule has 10 aromatic carbocycles. The fraction of sp³-hybridized carbons (Fsp3) is 0.231. The van der Waals surface area contributed by atoms with Crippen LogP contribution in [0.3, 0.4) is 0 Å². The van der Waals surface area contributed by atoms with Gasteiger partial charge in [0.15, 0.2) is 0 Å². The standard InChI is InChI=1S/C78H70N2/c1-73(2)47-48-28-31-51(80(54-36-40-62-58-22-14-18-26-66(58)76(7,8)71(62)45-54)55-37-41-63-59-23-15-19-27-67(59)77(9,10)72(63)46-55)42-68(48)78(73,11)49-29-32-50(33-30-49)79(52-34-38-60-56-20-12-16-24-64(56)74(3,4)69(60)43-52)53-35-39-61-57-21-13-17-25-65(57)75(5,6)70(61)44-53/h12-46H,47H2,1-11H3. The first-order valence-electron chi connectivity index (χ1n) is 29.1. The zero-order chi connectivity index (χ0) is 55.0. The minimum atomic E-state index is -0.302. The molecule has 0 saturated heterocycles. The highest BCUT2D eigenvalue weighted by molar-refractivity contribution is 5.91. The number of rotatable bonds is 7. The average Bonchev–Trinajstić information content (AvgIpc) is 4.21. The van der Waals surface area contributed by atoms with Crippen LogP contribution in [0, 0.1) is 5.41 Å². The Morgan fingerprint density at radius 1 is 0.250 bits per heavy atom. The normalized spacial score (nSPS) is 18.7. The molecule has 0 aromatic heterocycles. The molecule has 0 fully saturated rings. The molecule has 2 nitrogen and oxygen atoms in total. The Hall–Kier alpha value is -8.20. The molecule has 5 aliphatic rings. The molecule has 10 aromatic rings. The Morgan fingerprint density at radius 2 is 0.512 bits per heavy atom. The maximum Gasteiger partial charge on any atom is 0.0465 e. The number of hydrogen-bond acceptors (Lipinski definition) is 2. The van der Waals surface area contributed by atoms with Gasteiger partial charge in [-0.1, -0.05) is 216 Å². The highest BCUT2D eigenvalue weighted by Crippen LogP contribution is 2.59. The first-order chi connectivity index (χ1) is 38.3. The van der Waals surface area contributed by atoms with E-state index in [9.17, 15) is 0 Å². The van der Waals surface area contributed by atoms with Gasteiger partial charge in [-0.25, -0.2) is 0 Å². The smallest absolute Gasteiger partial charge is 0.0465 e. The van der Waals surface area contributed by atoms with Crippen molar-refractivity contribution in [2.24, 2.45) is 5.41 Å². The summed E-state index contributed by atoms with van der Waals surface area (Å²) in [6.45, 7) is 26.6. The van der Waals surface area contributed by atoms with Gasteiger partial charge in [-0.2, -0.15) is 0 Å². The van der Waals surface area contributed by atoms with Crippen LogP contribution in [0.25, 0.3) is 44.5 Å². The zero-order valence-electron chi connectivity index (χ0n) is 48.3. The molecule has 0 bridgehead atoms. The van der Waals surface area contributed by atoms with E-state index in [0.29, 0.717) is 0 Å². The molecule has 0 spiro atoms. The molecular weight excluding hydrogens is 965 g/mol. The molecule has 2 heteroatoms. The number of anilines is 6. The Morgan fingerprint density at radius 3 is 0.850 bits per heavy atom. The van der Waals surface area contributed by atoms with Gasteiger partial charge in [0.1, 0.15) is 0 Å². The van der Waals surface area contributed by atoms with Crippen LogP contribution in [0.2, 0.25) is 0 Å². The summed E-state index contributed by atoms with van der Waals surface area (Å²) in [4.78, 5) is 5.07. The molecule has 0 radical (unpaired) electrons. The summed E-state index contributed by atoms with van der Waals surface area (Å²) in [5.41, 5.74) is 32.1. The molecular formula is C78H70N2. The van der Waals surface area contributed by atoms with Crippen molar-refractivity contribution in [1.82, 2.24) is 0 Å². The van der Waals surface area contributed by atoms with E-state index in [-0.39, 0.29) is 32.5 Å². The molecule has 0 amide bonds. The van der Waals surface area contributed by atoms with Gasteiger partial charge in [-0.05, 0) is 190 Å². The molecule has 15 rings (SSSR count). The van der Waals surface area contributed by atoms with Crippen LogP contribution in [0.1, 0.15) is 137 Å². The van der Waals surface area contributed by atoms with Crippen molar-refractivity contribution < 1.29 is 0 Å². The molecule has 0 heterocycles. The van der Waals surface area contributed by atoms with Crippen LogP contribution in [0.5, 0.6) is 0 Å². The maximum atomic E-state index is 2.55. The van der Waals surface area contributed by atoms with Gasteiger partial charge in [-0.3, -0.25) is 0 Å². The summed E-state index contributed by atoms with van der Waals surface area (Å²) < 4.78 is 0. The number of hydrogen-bond donors (Lipinski definition) is 0. The summed E-state index contributed by atoms with van der Waals surface area (Å²) in [5.74, 6) is 0. The lowest BCUT2D eigenvalue weighted by Gasteiger charge is -2.40. The lowest BCUT2D eigenvalue weighted by Crippen LogP contribution is -2.36. The Bertz CT molecular complexity index is 4060. The van der Waals surface area contributed by atoms with Crippen LogP contribution in [0.15, 0.2) is 212 Å². The van der Waals surface area contributed by atoms with E-state index >= 15 is 0 Å². The van der Waals surface area contributed by atoms with Crippen molar-refractivity contribution in [3.8, 4) is 44.5 Å². The van der Waals surface area contributed by atoms with E-state index in [2.05, 4.69) is 298 Å². The molecule has 0 N–H and O–H groups in total. The van der Waals surface area contributed by atoms with Gasteiger partial charge in [0.2, 0.25) is 0 Å². The molecule has 5 aliphatic carbocycles. The van der Waals surface area contributed by atoms with Gasteiger partial charge < -0.3 is 9.80 Å². The van der Waals surface area contributed by atoms with E-state index in [4.69, 9.17) is 0 Å². The summed E-state index contributed by atoms with van der Waals surface area (Å²) in [6.07, 6.45) is 0.990. The second-order valence-corrected chi connectivity index (χ2v) is 26.8. The van der Waals surface area contributed by atoms with Crippen LogP contribution in [-0.2, 0) is 33.5 Å². The van der Waals surface area contributed by atoms with Crippen molar-refractivity contribution in [2.45, 2.75) is 110 Å². The van der Waals surface area contributed by atoms with Gasteiger partial charge in [0.25, 0.3) is 0 Å². The summed E-state index contributed by atoms with van der Waals surface area (Å²) in [5, 5.41) is 0. The number of benzene rings is 10. The molecule has 80 heavy (non-hydrogen) atoms. The van der Waals surface area contributed by atoms with E-state index < -0.39 is 0 Å². The third-order valence-electron chi connectivity index (χ3n) is 20.9. The van der Waals surface area contributed by atoms with Crippen molar-refractivity contribution in [1.29, 1.82) is 0 Å². The zero-order valence-corrected chi connectivity index (χ0v) is 48.3. The third kappa shape index (κ3) is 6.54. The SMILES string of the molecule is CC1(C)c2ccccc2-c2ccc(N(c3ccc(C4(C)c5cc(N(c6ccc7c(c6)C(C)(C)c6ccccc6-7)c6ccc7c(c6)C(C)(C)c6ccccc6-7)ccc5CC4(C)C)cc3)c3ccc4c(c3)C(C)(C)c3ccccc3-4)cc21. The van der Waals surface area contributed by atoms with Crippen molar-refractivity contribution in [3.05, 3.63) is 274 Å². The van der Waals surface area contributed by atoms with Crippen LogP contribution >= 0.6 is 0 Å². The highest BCUT2D eigenvalue weighted by atomic mass is 15.1. The largest absolute Gasteiger partial charge is 0.310 e. The topological polar surface area (TPSA) is 6.48 Å². The third-order valence-corrected chi connectivity index (χ3v) is 20.9. The van der Waals surface area contributed by atoms with Gasteiger partial charge in [-0.15, -0.1) is 0 Å². The quantitative estimate of drug-likeness (QED) is 0.157. The second-order valence-electron chi connectivity index (χ2n) is 26.8. The lowest BCUT2D eigenvalue weighted by molar-refractivity contribution is 0.247. The molecule has 0 saturated carbocycles. The summed E-state index contributed by atoms with van der Waals surface area (Å²) in [6, 6.07) is 81.9. The first kappa shape index (κ1) is 48.9. The fourth-order valence-electron chi connectivity index (χ4n) is 16.1. The highest BCUT2D eigenvalue weighted by Gasteiger charge is 2.51. The van der Waals surface area contributed by atoms with Crippen molar-refractivity contribution >= 4 is 34.1 Å². The van der Waals surface area contributed by atoms with Crippen molar-refractivity contribution in [2.75, 3.05) is 9.80 Å². The van der Waals surface area contributed by atoms with E-state index in [1.54, 1.807) is 0 Å². The fourth-order valence-corrected chi connectivity index (χ4v) is 16.1. The number of fused-ring (bicyclic) bond motifs is 13. The predicted molar refractivity (Wildman–Crippen MR) is 336 cm³/mol. The summed E-state index contributed by atoms with van der Waals surface area (Å²) >= 11 is 0. The minimum absolute atomic E-state index is 0.0755. The van der Waals surface area contributed by atoms with Gasteiger partial charge >= 0.3 is 0 Å². The molecule has 392 valence electrons. The Labute approximate surface area is 474 Å². The van der Waals surface area contributed by atoms with E-state index in [1.807, 2.05) is 0 Å². The minimum Gasteiger partial charge on any atom is -0.310 e. The number of nitrogens with zero attached hydrogens (tertiary/aromatic N) is 2. The van der Waals surface area contributed by atoms with Gasteiger partial charge in [0.05, 0.1) is 0 Å². The Balaban J connectivity index is 0.863. The maximum absolute atomic E-state index is 2.55. The molecule has 1 atom stereocenters. The predicted octanol–water partition coefficient (Wildman–Crippen LogP) is 20.7. The molecule has 1 unspecified atom stereocenters. The van der Waals surface area contributed by atoms with E-state index in [0.717, 1.165) is 12.1 Å². The summed E-state index contributed by atoms with van der Waals surface area (Å²) in [7, 11) is 0. The van der Waals surface area contributed by atoms with Crippen LogP contribution in [-0.4, -0.2) is 0 Å². The van der Waals surface area contributed by atoms with Gasteiger partial charge in [0, 0.05) is 61.2 Å². The first-order valence-corrected chi connectivity index (χ1v) is 29.1. The van der Waals surface area contributed by atoms with E-state index in [1.165, 1.54) is 134 Å². The molecule has 0 aliphatic heterocycles.